The number of nitrogens with zero attached hydrogens (tertiary/aromatic N) is 4. The van der Waals surface area contributed by atoms with Crippen molar-refractivity contribution in [3.05, 3.63) is 76.5 Å². The van der Waals surface area contributed by atoms with Crippen LogP contribution in [0.15, 0.2) is 60.2 Å². The van der Waals surface area contributed by atoms with Gasteiger partial charge in [-0.3, -0.25) is 14.7 Å². The van der Waals surface area contributed by atoms with Crippen LogP contribution in [0.5, 0.6) is 5.75 Å². The van der Waals surface area contributed by atoms with Gasteiger partial charge in [0.15, 0.2) is 6.61 Å². The number of benzene rings is 1. The lowest BCUT2D eigenvalue weighted by Gasteiger charge is -2.37. The molecule has 7 nitrogen and oxygen atoms in total. The average molecular weight is 453 g/mol. The quantitative estimate of drug-likeness (QED) is 0.566. The first-order chi connectivity index (χ1) is 15.5. The minimum Gasteiger partial charge on any atom is -0.484 e. The van der Waals surface area contributed by atoms with Crippen LogP contribution in [0.3, 0.4) is 0 Å². The van der Waals surface area contributed by atoms with Gasteiger partial charge >= 0.3 is 0 Å². The molecule has 168 valence electrons. The van der Waals surface area contributed by atoms with E-state index in [9.17, 15) is 9.90 Å². The number of ether oxygens (including phenoxy) is 1. The van der Waals surface area contributed by atoms with Crippen LogP contribution in [0.4, 0.5) is 0 Å². The maximum Gasteiger partial charge on any atom is 0.260 e. The van der Waals surface area contributed by atoms with Gasteiger partial charge in [-0.25, -0.2) is 4.98 Å². The zero-order valence-electron chi connectivity index (χ0n) is 18.2. The maximum absolute atomic E-state index is 12.5. The third-order valence-electron chi connectivity index (χ3n) is 5.66. The first kappa shape index (κ1) is 22.4. The fourth-order valence-electron chi connectivity index (χ4n) is 3.82. The summed E-state index contributed by atoms with van der Waals surface area (Å²) in [5.74, 6) is 0.616. The van der Waals surface area contributed by atoms with E-state index >= 15 is 0 Å². The maximum atomic E-state index is 12.5. The van der Waals surface area contributed by atoms with Gasteiger partial charge < -0.3 is 14.7 Å². The molecule has 0 unspecified atom stereocenters. The monoisotopic (exact) mass is 452 g/mol. The Kier molecular flexibility index (Phi) is 7.14. The van der Waals surface area contributed by atoms with Gasteiger partial charge in [-0.15, -0.1) is 11.3 Å². The first-order valence-electron chi connectivity index (χ1n) is 10.7. The van der Waals surface area contributed by atoms with Crippen molar-refractivity contribution in [3.8, 4) is 5.75 Å². The number of carbonyl (C=O) groups is 1. The molecule has 1 aromatic carbocycles. The smallest absolute Gasteiger partial charge is 0.260 e. The summed E-state index contributed by atoms with van der Waals surface area (Å²) in [6.07, 6.45) is 4.58. The molecule has 0 saturated carbocycles. The average Bonchev–Trinajstić information content (AvgIpc) is 3.28. The van der Waals surface area contributed by atoms with Gasteiger partial charge in [-0.2, -0.15) is 0 Å². The number of aliphatic hydroxyl groups is 1. The molecular weight excluding hydrogens is 424 g/mol. The predicted molar refractivity (Wildman–Crippen MR) is 123 cm³/mol. The normalized spacial score (nSPS) is 15.7. The number of piperidine rings is 1. The van der Waals surface area contributed by atoms with E-state index in [1.807, 2.05) is 55.0 Å². The third-order valence-corrected chi connectivity index (χ3v) is 6.49. The lowest BCUT2D eigenvalue weighted by molar-refractivity contribution is -0.138. The summed E-state index contributed by atoms with van der Waals surface area (Å²) >= 11 is 1.56. The zero-order valence-corrected chi connectivity index (χ0v) is 19.0. The number of hydrogen-bond acceptors (Lipinski definition) is 7. The Balaban J connectivity index is 1.27. The molecule has 1 saturated heterocycles. The van der Waals surface area contributed by atoms with Crippen molar-refractivity contribution >= 4 is 17.2 Å². The van der Waals surface area contributed by atoms with E-state index in [-0.39, 0.29) is 12.5 Å². The Hall–Kier alpha value is -2.81. The number of amides is 1. The van der Waals surface area contributed by atoms with Crippen LogP contribution >= 0.6 is 11.3 Å². The van der Waals surface area contributed by atoms with Crippen molar-refractivity contribution in [3.63, 3.8) is 0 Å². The Morgan fingerprint density at radius 2 is 1.97 bits per heavy atom. The van der Waals surface area contributed by atoms with Crippen molar-refractivity contribution in [1.29, 1.82) is 0 Å². The molecule has 8 heteroatoms. The highest BCUT2D eigenvalue weighted by Gasteiger charge is 2.37. The zero-order chi connectivity index (χ0) is 22.4. The number of para-hydroxylation sites is 1. The molecule has 1 N–H and O–H groups in total. The van der Waals surface area contributed by atoms with Gasteiger partial charge in [0.25, 0.3) is 5.91 Å². The fourth-order valence-corrected chi connectivity index (χ4v) is 4.79. The summed E-state index contributed by atoms with van der Waals surface area (Å²) in [6.45, 7) is 2.47. The van der Waals surface area contributed by atoms with Crippen LogP contribution in [0, 0.1) is 0 Å². The van der Waals surface area contributed by atoms with Crippen LogP contribution in [0.2, 0.25) is 0 Å². The van der Waals surface area contributed by atoms with Crippen LogP contribution in [0.25, 0.3) is 0 Å². The molecule has 1 aliphatic heterocycles. The summed E-state index contributed by atoms with van der Waals surface area (Å²) in [4.78, 5) is 25.3. The largest absolute Gasteiger partial charge is 0.484 e. The molecule has 1 aliphatic rings. The van der Waals surface area contributed by atoms with Crippen LogP contribution in [-0.2, 0) is 23.5 Å². The first-order valence-corrected chi connectivity index (χ1v) is 11.6. The second kappa shape index (κ2) is 10.2. The van der Waals surface area contributed by atoms with Gasteiger partial charge in [-0.05, 0) is 43.7 Å². The summed E-state index contributed by atoms with van der Waals surface area (Å²) in [5, 5.41) is 14.1. The summed E-state index contributed by atoms with van der Waals surface area (Å²) in [6, 6.07) is 13.3. The highest BCUT2D eigenvalue weighted by Crippen LogP contribution is 2.33. The molecule has 0 spiro atoms. The molecule has 32 heavy (non-hydrogen) atoms. The molecule has 4 rings (SSSR count). The Labute approximate surface area is 192 Å². The molecule has 1 fully saturated rings. The highest BCUT2D eigenvalue weighted by molar-refractivity contribution is 7.09. The molecule has 0 aliphatic carbocycles. The number of aromatic nitrogens is 2. The van der Waals surface area contributed by atoms with Crippen molar-refractivity contribution in [1.82, 2.24) is 19.8 Å². The predicted octanol–water partition coefficient (Wildman–Crippen LogP) is 3.06. The van der Waals surface area contributed by atoms with Crippen molar-refractivity contribution in [2.45, 2.75) is 31.5 Å². The minimum absolute atomic E-state index is 0.00651. The molecular formula is C24H28N4O3S. The SMILES string of the molecule is CN(Cc1cccnc1)Cc1nc(C2(O)CCN(C(=O)COc3ccccc3)CC2)cs1. The number of carbonyl (C=O) groups excluding carboxylic acids is 1. The molecule has 3 heterocycles. The third kappa shape index (κ3) is 5.70. The van der Waals surface area contributed by atoms with E-state index in [1.54, 1.807) is 22.4 Å². The molecule has 2 aromatic heterocycles. The molecule has 0 atom stereocenters. The van der Waals surface area contributed by atoms with E-state index in [0.29, 0.717) is 43.9 Å². The molecule has 3 aromatic rings. The molecule has 0 bridgehead atoms. The van der Waals surface area contributed by atoms with Gasteiger partial charge in [0.05, 0.1) is 12.2 Å². The summed E-state index contributed by atoms with van der Waals surface area (Å²) < 4.78 is 5.57. The fraction of sp³-hybridized carbons (Fsp3) is 0.375. The lowest BCUT2D eigenvalue weighted by atomic mass is 9.89. The van der Waals surface area contributed by atoms with E-state index in [0.717, 1.165) is 17.1 Å². The van der Waals surface area contributed by atoms with Gasteiger partial charge in [0.2, 0.25) is 0 Å². The summed E-state index contributed by atoms with van der Waals surface area (Å²) in [5.41, 5.74) is 0.867. The number of pyridine rings is 1. The van der Waals surface area contributed by atoms with E-state index in [1.165, 1.54) is 0 Å². The van der Waals surface area contributed by atoms with E-state index in [2.05, 4.69) is 16.0 Å². The van der Waals surface area contributed by atoms with Crippen molar-refractivity contribution in [2.75, 3.05) is 26.7 Å². The topological polar surface area (TPSA) is 78.8 Å². The van der Waals surface area contributed by atoms with Gasteiger partial charge in [0, 0.05) is 37.4 Å². The number of thiazole rings is 1. The lowest BCUT2D eigenvalue weighted by Crippen LogP contribution is -2.46. The molecule has 0 radical (unpaired) electrons. The number of hydrogen-bond donors (Lipinski definition) is 1. The number of rotatable bonds is 8. The van der Waals surface area contributed by atoms with E-state index < -0.39 is 5.60 Å². The Morgan fingerprint density at radius 1 is 1.19 bits per heavy atom. The highest BCUT2D eigenvalue weighted by atomic mass is 32.1. The van der Waals surface area contributed by atoms with Crippen molar-refractivity contribution in [2.24, 2.45) is 0 Å². The Bertz CT molecular complexity index is 1000. The van der Waals surface area contributed by atoms with Crippen LogP contribution in [0.1, 0.15) is 29.1 Å². The second-order valence-electron chi connectivity index (χ2n) is 8.17. The van der Waals surface area contributed by atoms with Gasteiger partial charge in [0.1, 0.15) is 16.4 Å². The van der Waals surface area contributed by atoms with Crippen LogP contribution < -0.4 is 4.74 Å². The van der Waals surface area contributed by atoms with Crippen LogP contribution in [-0.4, -0.2) is 57.5 Å². The summed E-state index contributed by atoms with van der Waals surface area (Å²) in [7, 11) is 2.05. The molecule has 1 amide bonds. The standard InChI is InChI=1S/C24H28N4O3S/c1-27(15-19-6-5-11-25-14-19)16-22-26-21(18-32-22)24(30)9-12-28(13-10-24)23(29)17-31-20-7-3-2-4-8-20/h2-8,11,14,18,30H,9-10,12-13,15-17H2,1H3. The Morgan fingerprint density at radius 3 is 2.69 bits per heavy atom. The van der Waals surface area contributed by atoms with Crippen molar-refractivity contribution < 1.29 is 14.6 Å². The van der Waals surface area contributed by atoms with Gasteiger partial charge in [-0.1, -0.05) is 24.3 Å². The van der Waals surface area contributed by atoms with E-state index in [4.69, 9.17) is 9.72 Å². The minimum atomic E-state index is -0.992. The number of likely N-dealkylation sites (tertiary alicyclic amines) is 1. The second-order valence-corrected chi connectivity index (χ2v) is 9.12.